The number of hydrogen-bond acceptors (Lipinski definition) is 1. The van der Waals surface area contributed by atoms with Gasteiger partial charge in [-0.15, -0.1) is 0 Å². The van der Waals surface area contributed by atoms with Crippen LogP contribution in [0.1, 0.15) is 11.1 Å². The average molecular weight is 323 g/mol. The lowest BCUT2D eigenvalue weighted by atomic mass is 9.99. The number of benzene rings is 2. The molecule has 0 bridgehead atoms. The molecule has 0 aromatic heterocycles. The summed E-state index contributed by atoms with van der Waals surface area (Å²) in [7, 11) is 0. The largest absolute Gasteiger partial charge is 0.416 e. The lowest BCUT2D eigenvalue weighted by molar-refractivity contribution is -0.143. The van der Waals surface area contributed by atoms with E-state index < -0.39 is 34.9 Å². The summed E-state index contributed by atoms with van der Waals surface area (Å²) in [6.07, 6.45) is -9.91. The normalized spacial score (nSPS) is 12.5. The second-order valence-corrected chi connectivity index (χ2v) is 4.53. The maximum atomic E-state index is 13.4. The molecule has 0 fully saturated rings. The highest BCUT2D eigenvalue weighted by atomic mass is 19.4. The first-order valence-corrected chi connectivity index (χ1v) is 5.83. The van der Waals surface area contributed by atoms with Crippen LogP contribution in [-0.2, 0) is 12.4 Å². The van der Waals surface area contributed by atoms with E-state index in [4.69, 9.17) is 5.73 Å². The van der Waals surface area contributed by atoms with Gasteiger partial charge < -0.3 is 5.73 Å². The van der Waals surface area contributed by atoms with Gasteiger partial charge in [-0.3, -0.25) is 0 Å². The molecule has 0 radical (unpaired) electrons. The van der Waals surface area contributed by atoms with Crippen LogP contribution in [-0.4, -0.2) is 0 Å². The van der Waals surface area contributed by atoms with Crippen LogP contribution in [0.25, 0.3) is 11.1 Å². The van der Waals surface area contributed by atoms with E-state index in [0.717, 1.165) is 18.2 Å². The second kappa shape index (κ2) is 5.19. The third kappa shape index (κ3) is 3.32. The van der Waals surface area contributed by atoms with Gasteiger partial charge in [0.1, 0.15) is 5.82 Å². The van der Waals surface area contributed by atoms with Crippen molar-refractivity contribution in [1.29, 1.82) is 0 Å². The van der Waals surface area contributed by atoms with Crippen LogP contribution < -0.4 is 5.73 Å². The minimum Gasteiger partial charge on any atom is -0.396 e. The van der Waals surface area contributed by atoms with Crippen molar-refractivity contribution in [3.63, 3.8) is 0 Å². The third-order valence-corrected chi connectivity index (χ3v) is 2.92. The Balaban J connectivity index is 2.67. The predicted octanol–water partition coefficient (Wildman–Crippen LogP) is 5.11. The van der Waals surface area contributed by atoms with Gasteiger partial charge in [0.2, 0.25) is 0 Å². The Morgan fingerprint density at radius 3 is 1.59 bits per heavy atom. The van der Waals surface area contributed by atoms with Crippen molar-refractivity contribution in [2.24, 2.45) is 0 Å². The highest BCUT2D eigenvalue weighted by molar-refractivity contribution is 5.67. The van der Waals surface area contributed by atoms with Crippen LogP contribution in [0.4, 0.5) is 36.4 Å². The van der Waals surface area contributed by atoms with Gasteiger partial charge in [-0.25, -0.2) is 4.39 Å². The summed E-state index contributed by atoms with van der Waals surface area (Å²) in [5.41, 5.74) is 1.51. The number of rotatable bonds is 1. The van der Waals surface area contributed by atoms with Crippen LogP contribution >= 0.6 is 0 Å². The van der Waals surface area contributed by atoms with E-state index in [0.29, 0.717) is 12.1 Å². The highest BCUT2D eigenvalue weighted by Crippen LogP contribution is 2.38. The molecule has 0 saturated heterocycles. The monoisotopic (exact) mass is 323 g/mol. The molecule has 0 aliphatic carbocycles. The lowest BCUT2D eigenvalue weighted by Gasteiger charge is -2.14. The van der Waals surface area contributed by atoms with Gasteiger partial charge in [0.25, 0.3) is 0 Å². The topological polar surface area (TPSA) is 26.0 Å². The van der Waals surface area contributed by atoms with Crippen LogP contribution in [0, 0.1) is 5.82 Å². The van der Waals surface area contributed by atoms with Crippen molar-refractivity contribution in [2.75, 3.05) is 5.73 Å². The molecule has 22 heavy (non-hydrogen) atoms. The number of nitrogens with two attached hydrogens (primary N) is 1. The van der Waals surface area contributed by atoms with Gasteiger partial charge >= 0.3 is 12.4 Å². The Morgan fingerprint density at radius 2 is 1.18 bits per heavy atom. The molecule has 118 valence electrons. The minimum atomic E-state index is -4.96. The average Bonchev–Trinajstić information content (AvgIpc) is 2.39. The Labute approximate surface area is 120 Å². The summed E-state index contributed by atoms with van der Waals surface area (Å²) in [6.45, 7) is 0. The standard InChI is InChI=1S/C14H8F7N/c15-11-5-7(1-2-12(11)22)8-3-9(13(16,17)18)6-10(4-8)14(19,20)21/h1-6H,22H2. The van der Waals surface area contributed by atoms with Gasteiger partial charge in [0.05, 0.1) is 16.8 Å². The van der Waals surface area contributed by atoms with Crippen molar-refractivity contribution >= 4 is 5.69 Å². The van der Waals surface area contributed by atoms with Crippen molar-refractivity contribution in [3.8, 4) is 11.1 Å². The first-order valence-electron chi connectivity index (χ1n) is 5.83. The fourth-order valence-electron chi connectivity index (χ4n) is 1.83. The molecule has 8 heteroatoms. The van der Waals surface area contributed by atoms with Gasteiger partial charge in [-0.1, -0.05) is 6.07 Å². The summed E-state index contributed by atoms with van der Waals surface area (Å²) in [4.78, 5) is 0. The van der Waals surface area contributed by atoms with Gasteiger partial charge in [0, 0.05) is 0 Å². The molecule has 0 spiro atoms. The fourth-order valence-corrected chi connectivity index (χ4v) is 1.83. The molecule has 0 saturated carbocycles. The van der Waals surface area contributed by atoms with E-state index in [1.165, 1.54) is 0 Å². The van der Waals surface area contributed by atoms with E-state index in [-0.39, 0.29) is 17.3 Å². The third-order valence-electron chi connectivity index (χ3n) is 2.92. The molecule has 2 aromatic carbocycles. The number of alkyl halides is 6. The maximum absolute atomic E-state index is 13.4. The molecular formula is C14H8F7N. The maximum Gasteiger partial charge on any atom is 0.416 e. The second-order valence-electron chi connectivity index (χ2n) is 4.53. The van der Waals surface area contributed by atoms with Crippen molar-refractivity contribution in [3.05, 3.63) is 53.3 Å². The van der Waals surface area contributed by atoms with E-state index in [1.807, 2.05) is 0 Å². The molecule has 0 heterocycles. The van der Waals surface area contributed by atoms with Crippen LogP contribution in [0.5, 0.6) is 0 Å². The zero-order valence-electron chi connectivity index (χ0n) is 10.7. The lowest BCUT2D eigenvalue weighted by Crippen LogP contribution is -2.11. The Morgan fingerprint density at radius 1 is 0.682 bits per heavy atom. The Hall–Kier alpha value is -2.25. The molecule has 0 aliphatic heterocycles. The van der Waals surface area contributed by atoms with Gasteiger partial charge in [-0.2, -0.15) is 26.3 Å². The van der Waals surface area contributed by atoms with E-state index >= 15 is 0 Å². The first kappa shape index (κ1) is 16.1. The van der Waals surface area contributed by atoms with Crippen LogP contribution in [0.3, 0.4) is 0 Å². The molecule has 0 aliphatic rings. The summed E-state index contributed by atoms with van der Waals surface area (Å²) in [5, 5.41) is 0. The van der Waals surface area contributed by atoms with E-state index in [2.05, 4.69) is 0 Å². The smallest absolute Gasteiger partial charge is 0.396 e. The van der Waals surface area contributed by atoms with Gasteiger partial charge in [-0.05, 0) is 41.5 Å². The highest BCUT2D eigenvalue weighted by Gasteiger charge is 2.37. The molecule has 2 aromatic rings. The Kier molecular flexibility index (Phi) is 3.80. The number of anilines is 1. The molecule has 2 rings (SSSR count). The van der Waals surface area contributed by atoms with Crippen molar-refractivity contribution in [1.82, 2.24) is 0 Å². The van der Waals surface area contributed by atoms with Crippen LogP contribution in [0.2, 0.25) is 0 Å². The summed E-state index contributed by atoms with van der Waals surface area (Å²) >= 11 is 0. The Bertz CT molecular complexity index is 669. The molecule has 2 N–H and O–H groups in total. The van der Waals surface area contributed by atoms with Gasteiger partial charge in [0.15, 0.2) is 0 Å². The number of halogens is 7. The SMILES string of the molecule is Nc1ccc(-c2cc(C(F)(F)F)cc(C(F)(F)F)c2)cc1F. The van der Waals surface area contributed by atoms with Crippen molar-refractivity contribution < 1.29 is 30.7 Å². The number of hydrogen-bond donors (Lipinski definition) is 1. The molecule has 0 amide bonds. The zero-order chi connectivity index (χ0) is 16.7. The quantitative estimate of drug-likeness (QED) is 0.572. The summed E-state index contributed by atoms with van der Waals surface area (Å²) in [5.74, 6) is -0.927. The molecule has 1 nitrogen and oxygen atoms in total. The van der Waals surface area contributed by atoms with Crippen LogP contribution in [0.15, 0.2) is 36.4 Å². The molecular weight excluding hydrogens is 315 g/mol. The number of nitrogen functional groups attached to an aromatic ring is 1. The minimum absolute atomic E-state index is 0.0111. The van der Waals surface area contributed by atoms with E-state index in [1.54, 1.807) is 0 Å². The first-order chi connectivity index (χ1) is 9.98. The molecule has 0 atom stereocenters. The van der Waals surface area contributed by atoms with E-state index in [9.17, 15) is 30.7 Å². The summed E-state index contributed by atoms with van der Waals surface area (Å²) < 4.78 is 89.8. The predicted molar refractivity (Wildman–Crippen MR) is 66.3 cm³/mol. The zero-order valence-corrected chi connectivity index (χ0v) is 10.7. The fraction of sp³-hybridized carbons (Fsp3) is 0.143. The summed E-state index contributed by atoms with van der Waals surface area (Å²) in [6, 6.07) is 4.06. The van der Waals surface area contributed by atoms with Crippen molar-refractivity contribution in [2.45, 2.75) is 12.4 Å². The molecule has 0 unspecified atom stereocenters.